The maximum Gasteiger partial charge on any atom is 0.306 e. The highest BCUT2D eigenvalue weighted by Crippen LogP contribution is 2.38. The van der Waals surface area contributed by atoms with Crippen LogP contribution >= 0.6 is 7.82 Å². The molecule has 0 spiro atoms. The third kappa shape index (κ3) is 25.1. The van der Waals surface area contributed by atoms with Crippen LogP contribution in [0.1, 0.15) is 110 Å². The van der Waals surface area contributed by atoms with Crippen molar-refractivity contribution in [2.45, 2.75) is 116 Å². The lowest BCUT2D eigenvalue weighted by atomic mass is 10.1. The van der Waals surface area contributed by atoms with Crippen molar-refractivity contribution in [3.8, 4) is 0 Å². The topological polar surface area (TPSA) is 111 Å². The Balaban J connectivity index is 4.58. The number of ether oxygens (including phenoxy) is 2. The van der Waals surface area contributed by atoms with Crippen LogP contribution in [0.5, 0.6) is 0 Å². The fourth-order valence-electron chi connectivity index (χ4n) is 3.53. The molecule has 0 aromatic carbocycles. The van der Waals surface area contributed by atoms with Gasteiger partial charge in [-0.2, -0.15) is 0 Å². The van der Waals surface area contributed by atoms with E-state index in [9.17, 15) is 19.0 Å². The second-order valence-corrected chi connectivity index (χ2v) is 12.2. The van der Waals surface area contributed by atoms with Crippen LogP contribution in [-0.2, 0) is 32.7 Å². The van der Waals surface area contributed by atoms with Gasteiger partial charge in [-0.3, -0.25) is 14.2 Å². The van der Waals surface area contributed by atoms with Crippen LogP contribution in [0, 0.1) is 0 Å². The number of hydrogen-bond acceptors (Lipinski definition) is 8. The molecule has 0 N–H and O–H groups in total. The number of unbranched alkanes of at least 4 members (excludes halogenated alkanes) is 11. The van der Waals surface area contributed by atoms with Crippen molar-refractivity contribution in [3.63, 3.8) is 0 Å². The van der Waals surface area contributed by atoms with E-state index in [1.54, 1.807) is 0 Å². The first kappa shape index (κ1) is 36.0. The van der Waals surface area contributed by atoms with Gasteiger partial charge in [-0.15, -0.1) is 0 Å². The summed E-state index contributed by atoms with van der Waals surface area (Å²) in [7, 11) is 1.16. The smallest absolute Gasteiger partial charge is 0.306 e. The lowest BCUT2D eigenvalue weighted by molar-refractivity contribution is -0.870. The Hall–Kier alpha value is -0.990. The lowest BCUT2D eigenvalue weighted by Gasteiger charge is -2.28. The zero-order chi connectivity index (χ0) is 28.0. The number of likely N-dealkylation sites (N-methyl/N-ethyl adjacent to an activating group) is 1. The van der Waals surface area contributed by atoms with Gasteiger partial charge in [0.1, 0.15) is 19.8 Å². The Bertz CT molecular complexity index is 638. The van der Waals surface area contributed by atoms with Crippen LogP contribution in [0.2, 0.25) is 0 Å². The van der Waals surface area contributed by atoms with Crippen LogP contribution < -0.4 is 4.89 Å². The Kier molecular flexibility index (Phi) is 21.3. The highest BCUT2D eigenvalue weighted by atomic mass is 31.2. The zero-order valence-electron chi connectivity index (χ0n) is 24.2. The number of phosphoric ester groups is 1. The first-order chi connectivity index (χ1) is 17.5. The van der Waals surface area contributed by atoms with Crippen molar-refractivity contribution in [1.82, 2.24) is 0 Å². The predicted molar refractivity (Wildman–Crippen MR) is 144 cm³/mol. The van der Waals surface area contributed by atoms with Gasteiger partial charge in [0.2, 0.25) is 0 Å². The van der Waals surface area contributed by atoms with E-state index in [-0.39, 0.29) is 26.1 Å². The Morgan fingerprint density at radius 3 is 1.73 bits per heavy atom. The third-order valence-corrected chi connectivity index (χ3v) is 6.84. The van der Waals surface area contributed by atoms with Gasteiger partial charge in [-0.05, 0) is 12.8 Å². The molecule has 0 heterocycles. The van der Waals surface area contributed by atoms with Crippen LogP contribution in [-0.4, -0.2) is 70.0 Å². The maximum absolute atomic E-state index is 12.3. The minimum absolute atomic E-state index is 0.0276. The third-order valence-electron chi connectivity index (χ3n) is 5.88. The number of quaternary nitrogens is 1. The van der Waals surface area contributed by atoms with E-state index >= 15 is 0 Å². The molecule has 0 rings (SSSR count). The van der Waals surface area contributed by atoms with E-state index in [1.165, 1.54) is 32.1 Å². The summed E-state index contributed by atoms with van der Waals surface area (Å²) in [6.07, 6.45) is 13.3. The van der Waals surface area contributed by atoms with Gasteiger partial charge < -0.3 is 27.9 Å². The second-order valence-electron chi connectivity index (χ2n) is 10.8. The molecule has 0 amide bonds. The number of esters is 2. The second kappa shape index (κ2) is 21.9. The number of rotatable bonds is 25. The first-order valence-electron chi connectivity index (χ1n) is 14.2. The molecule has 0 saturated heterocycles. The maximum atomic E-state index is 12.3. The van der Waals surface area contributed by atoms with Crippen LogP contribution in [0.3, 0.4) is 0 Å². The van der Waals surface area contributed by atoms with E-state index < -0.39 is 32.5 Å². The van der Waals surface area contributed by atoms with E-state index in [0.717, 1.165) is 44.9 Å². The summed E-state index contributed by atoms with van der Waals surface area (Å²) in [5.74, 6) is -0.853. The van der Waals surface area contributed by atoms with Gasteiger partial charge in [0.05, 0.1) is 27.7 Å². The monoisotopic (exact) mass is 551 g/mol. The molecule has 0 bridgehead atoms. The van der Waals surface area contributed by atoms with Crippen molar-refractivity contribution >= 4 is 19.8 Å². The molecule has 2 atom stereocenters. The first-order valence-corrected chi connectivity index (χ1v) is 15.7. The predicted octanol–water partition coefficient (Wildman–Crippen LogP) is 5.54. The van der Waals surface area contributed by atoms with E-state index in [0.29, 0.717) is 17.4 Å². The number of carbonyl (C=O) groups excluding carboxylic acids is 2. The van der Waals surface area contributed by atoms with Gasteiger partial charge in [-0.25, -0.2) is 0 Å². The molecule has 9 nitrogen and oxygen atoms in total. The summed E-state index contributed by atoms with van der Waals surface area (Å²) in [4.78, 5) is 36.6. The summed E-state index contributed by atoms with van der Waals surface area (Å²) >= 11 is 0. The number of carbonyl (C=O) groups is 2. The van der Waals surface area contributed by atoms with Crippen LogP contribution in [0.25, 0.3) is 0 Å². The molecule has 0 fully saturated rings. The SMILES string of the molecule is CCCCCCCCCC(=O)OCC(COP(=O)([O-])OCC[N+](C)(C)C)OC(=O)CCCCCCCC. The van der Waals surface area contributed by atoms with Gasteiger partial charge in [0, 0.05) is 12.8 Å². The fourth-order valence-corrected chi connectivity index (χ4v) is 4.26. The molecule has 2 unspecified atom stereocenters. The standard InChI is InChI=1S/C27H54NO8P/c1-6-8-10-12-14-16-17-19-26(29)33-23-25(36-27(30)20-18-15-13-11-9-7-2)24-35-37(31,32)34-22-21-28(3,4)5/h25H,6-24H2,1-5H3. The van der Waals surface area contributed by atoms with Crippen molar-refractivity contribution in [2.75, 3.05) is 47.5 Å². The Labute approximate surface area is 225 Å². The average Bonchev–Trinajstić information content (AvgIpc) is 2.81. The van der Waals surface area contributed by atoms with Crippen LogP contribution in [0.15, 0.2) is 0 Å². The van der Waals surface area contributed by atoms with Gasteiger partial charge in [-0.1, -0.05) is 84.5 Å². The number of nitrogens with zero attached hydrogens (tertiary/aromatic N) is 1. The summed E-state index contributed by atoms with van der Waals surface area (Å²) in [6, 6.07) is 0. The Morgan fingerprint density at radius 2 is 1.22 bits per heavy atom. The molecule has 0 aromatic rings. The molecule has 0 radical (unpaired) electrons. The molecule has 10 heteroatoms. The van der Waals surface area contributed by atoms with Crippen molar-refractivity contribution in [3.05, 3.63) is 0 Å². The molecule has 0 aliphatic rings. The number of hydrogen-bond donors (Lipinski definition) is 0. The fraction of sp³-hybridized carbons (Fsp3) is 0.926. The minimum atomic E-state index is -4.59. The zero-order valence-corrected chi connectivity index (χ0v) is 25.1. The molecular formula is C27H54NO8P. The molecule has 0 saturated carbocycles. The van der Waals surface area contributed by atoms with E-state index in [2.05, 4.69) is 13.8 Å². The molecule has 220 valence electrons. The molecule has 0 aliphatic heterocycles. The van der Waals surface area contributed by atoms with Crippen molar-refractivity contribution in [2.24, 2.45) is 0 Å². The van der Waals surface area contributed by atoms with Gasteiger partial charge >= 0.3 is 11.9 Å². The highest BCUT2D eigenvalue weighted by molar-refractivity contribution is 7.45. The van der Waals surface area contributed by atoms with E-state index in [1.807, 2.05) is 21.1 Å². The Morgan fingerprint density at radius 1 is 0.730 bits per heavy atom. The molecular weight excluding hydrogens is 497 g/mol. The molecule has 0 aromatic heterocycles. The minimum Gasteiger partial charge on any atom is -0.756 e. The average molecular weight is 552 g/mol. The van der Waals surface area contributed by atoms with Gasteiger partial charge in [0.25, 0.3) is 7.82 Å². The van der Waals surface area contributed by atoms with Crippen molar-refractivity contribution < 1.29 is 42.1 Å². The van der Waals surface area contributed by atoms with E-state index in [4.69, 9.17) is 18.5 Å². The summed E-state index contributed by atoms with van der Waals surface area (Å²) in [5.41, 5.74) is 0. The van der Waals surface area contributed by atoms with Gasteiger partial charge in [0.15, 0.2) is 6.10 Å². The number of phosphoric acid groups is 1. The highest BCUT2D eigenvalue weighted by Gasteiger charge is 2.21. The normalized spacial score (nSPS) is 14.2. The quantitative estimate of drug-likeness (QED) is 0.0629. The molecule has 0 aliphatic carbocycles. The van der Waals surface area contributed by atoms with Crippen molar-refractivity contribution in [1.29, 1.82) is 0 Å². The summed E-state index contributed by atoms with van der Waals surface area (Å²) < 4.78 is 33.2. The largest absolute Gasteiger partial charge is 0.756 e. The lowest BCUT2D eigenvalue weighted by Crippen LogP contribution is -2.37. The summed E-state index contributed by atoms with van der Waals surface area (Å²) in [5, 5.41) is 0. The van der Waals surface area contributed by atoms with Crippen LogP contribution in [0.4, 0.5) is 0 Å². The summed E-state index contributed by atoms with van der Waals surface area (Å²) in [6.45, 7) is 4.06. The molecule has 37 heavy (non-hydrogen) atoms.